The molecule has 0 bridgehead atoms. The van der Waals surface area contributed by atoms with E-state index in [1.165, 1.54) is 23.9 Å². The van der Waals surface area contributed by atoms with Crippen molar-refractivity contribution in [3.05, 3.63) is 84.7 Å². The van der Waals surface area contributed by atoms with Crippen molar-refractivity contribution in [2.45, 2.75) is 5.03 Å². The second kappa shape index (κ2) is 9.49. The Morgan fingerprint density at radius 3 is 2.48 bits per heavy atom. The third-order valence-corrected chi connectivity index (χ3v) is 5.52. The maximum atomic E-state index is 13.7. The number of methoxy groups -OCH3 is 1. The van der Waals surface area contributed by atoms with Gasteiger partial charge < -0.3 is 15.0 Å². The summed E-state index contributed by atoms with van der Waals surface area (Å²) >= 11 is 1.32. The molecule has 7 heteroatoms. The van der Waals surface area contributed by atoms with Gasteiger partial charge in [-0.25, -0.2) is 9.37 Å². The van der Waals surface area contributed by atoms with Gasteiger partial charge in [-0.05, 0) is 36.4 Å². The summed E-state index contributed by atoms with van der Waals surface area (Å²) in [7, 11) is 1.59. The van der Waals surface area contributed by atoms with Crippen LogP contribution in [0.4, 0.5) is 10.1 Å². The van der Waals surface area contributed by atoms with E-state index < -0.39 is 0 Å². The first kappa shape index (κ1) is 20.7. The van der Waals surface area contributed by atoms with Crippen LogP contribution >= 0.6 is 11.8 Å². The number of halogens is 1. The molecule has 0 spiro atoms. The molecule has 1 amide bonds. The van der Waals surface area contributed by atoms with Crippen molar-refractivity contribution in [1.29, 1.82) is 0 Å². The minimum Gasteiger partial charge on any atom is -0.497 e. The number of imidazole rings is 1. The van der Waals surface area contributed by atoms with Crippen LogP contribution in [0.5, 0.6) is 5.75 Å². The van der Waals surface area contributed by atoms with Crippen molar-refractivity contribution in [2.75, 3.05) is 18.2 Å². The van der Waals surface area contributed by atoms with Gasteiger partial charge in [0.2, 0.25) is 5.91 Å². The second-order valence-electron chi connectivity index (χ2n) is 6.71. The molecule has 0 saturated heterocycles. The summed E-state index contributed by atoms with van der Waals surface area (Å²) in [5.41, 5.74) is 3.07. The number of carbonyl (C=O) groups is 1. The standard InChI is InChI=1S/C24H20FN3O2S/c1-30-20-12-10-19(11-13-20)26-21(29)15-31-24-22(16-6-3-2-4-7-16)27-23(28-24)17-8-5-9-18(25)14-17/h2-14H,15H2,1H3,(H,26,29)(H,27,28). The number of nitrogens with one attached hydrogen (secondary N) is 2. The number of hydrogen-bond acceptors (Lipinski definition) is 4. The Hall–Kier alpha value is -3.58. The van der Waals surface area contributed by atoms with Crippen molar-refractivity contribution in [2.24, 2.45) is 0 Å². The summed E-state index contributed by atoms with van der Waals surface area (Å²) in [6.07, 6.45) is 0. The number of carbonyl (C=O) groups excluding carboxylic acids is 1. The fourth-order valence-electron chi connectivity index (χ4n) is 3.04. The van der Waals surface area contributed by atoms with E-state index >= 15 is 0 Å². The van der Waals surface area contributed by atoms with Gasteiger partial charge in [-0.3, -0.25) is 4.79 Å². The van der Waals surface area contributed by atoms with E-state index in [4.69, 9.17) is 4.74 Å². The smallest absolute Gasteiger partial charge is 0.234 e. The van der Waals surface area contributed by atoms with Crippen LogP contribution in [0.3, 0.4) is 0 Å². The highest BCUT2D eigenvalue weighted by molar-refractivity contribution is 8.00. The number of hydrogen-bond donors (Lipinski definition) is 2. The van der Waals surface area contributed by atoms with Gasteiger partial charge >= 0.3 is 0 Å². The molecule has 156 valence electrons. The molecule has 31 heavy (non-hydrogen) atoms. The van der Waals surface area contributed by atoms with Crippen molar-refractivity contribution in [3.8, 4) is 28.4 Å². The molecule has 0 radical (unpaired) electrons. The fraction of sp³-hybridized carbons (Fsp3) is 0.0833. The third kappa shape index (κ3) is 5.13. The zero-order valence-electron chi connectivity index (χ0n) is 16.8. The van der Waals surface area contributed by atoms with E-state index in [1.54, 1.807) is 43.5 Å². The molecule has 5 nitrogen and oxygen atoms in total. The Kier molecular flexibility index (Phi) is 6.33. The number of anilines is 1. The van der Waals surface area contributed by atoms with Gasteiger partial charge in [-0.1, -0.05) is 54.2 Å². The summed E-state index contributed by atoms with van der Waals surface area (Å²) in [4.78, 5) is 20.4. The lowest BCUT2D eigenvalue weighted by Gasteiger charge is -2.06. The number of ether oxygens (including phenoxy) is 1. The molecule has 0 saturated carbocycles. The van der Waals surface area contributed by atoms with Crippen molar-refractivity contribution < 1.29 is 13.9 Å². The van der Waals surface area contributed by atoms with Crippen LogP contribution < -0.4 is 10.1 Å². The van der Waals surface area contributed by atoms with E-state index in [9.17, 15) is 9.18 Å². The van der Waals surface area contributed by atoms with E-state index in [0.717, 1.165) is 17.0 Å². The molecular formula is C24H20FN3O2S. The lowest BCUT2D eigenvalue weighted by molar-refractivity contribution is -0.113. The van der Waals surface area contributed by atoms with E-state index in [0.29, 0.717) is 22.1 Å². The topological polar surface area (TPSA) is 67.0 Å². The van der Waals surface area contributed by atoms with Gasteiger partial charge in [0, 0.05) is 16.8 Å². The number of H-pyrrole nitrogens is 1. The predicted octanol–water partition coefficient (Wildman–Crippen LogP) is 5.62. The number of amides is 1. The Morgan fingerprint density at radius 2 is 1.77 bits per heavy atom. The normalized spacial score (nSPS) is 10.6. The molecular weight excluding hydrogens is 413 g/mol. The Labute approximate surface area is 183 Å². The van der Waals surface area contributed by atoms with Gasteiger partial charge in [0.15, 0.2) is 0 Å². The number of aromatic amines is 1. The van der Waals surface area contributed by atoms with Crippen molar-refractivity contribution >= 4 is 23.4 Å². The van der Waals surface area contributed by atoms with Crippen LogP contribution in [0.2, 0.25) is 0 Å². The van der Waals surface area contributed by atoms with Crippen LogP contribution in [-0.4, -0.2) is 28.7 Å². The van der Waals surface area contributed by atoms with Gasteiger partial charge in [-0.2, -0.15) is 0 Å². The molecule has 1 heterocycles. The summed E-state index contributed by atoms with van der Waals surface area (Å²) in [5.74, 6) is 0.977. The molecule has 4 aromatic rings. The summed E-state index contributed by atoms with van der Waals surface area (Å²) < 4.78 is 18.8. The average molecular weight is 434 g/mol. The molecule has 2 N–H and O–H groups in total. The number of thioether (sulfide) groups is 1. The first-order valence-corrected chi connectivity index (χ1v) is 10.6. The first-order chi connectivity index (χ1) is 15.1. The lowest BCUT2D eigenvalue weighted by atomic mass is 10.2. The molecule has 0 atom stereocenters. The molecule has 3 aromatic carbocycles. The van der Waals surface area contributed by atoms with E-state index in [-0.39, 0.29) is 17.5 Å². The van der Waals surface area contributed by atoms with Crippen molar-refractivity contribution in [1.82, 2.24) is 9.97 Å². The van der Waals surface area contributed by atoms with Gasteiger partial charge in [-0.15, -0.1) is 0 Å². The maximum absolute atomic E-state index is 13.7. The van der Waals surface area contributed by atoms with Crippen LogP contribution in [0.25, 0.3) is 22.6 Å². The van der Waals surface area contributed by atoms with Gasteiger partial charge in [0.1, 0.15) is 22.4 Å². The van der Waals surface area contributed by atoms with Crippen LogP contribution in [0, 0.1) is 5.82 Å². The first-order valence-electron chi connectivity index (χ1n) is 9.60. The monoisotopic (exact) mass is 433 g/mol. The number of benzene rings is 3. The Morgan fingerprint density at radius 1 is 1.03 bits per heavy atom. The zero-order chi connectivity index (χ0) is 21.6. The minimum atomic E-state index is -0.330. The average Bonchev–Trinajstić information content (AvgIpc) is 3.23. The number of aromatic nitrogens is 2. The SMILES string of the molecule is COc1ccc(NC(=O)CSc2nc(-c3cccc(F)c3)[nH]c2-c2ccccc2)cc1. The molecule has 0 aliphatic heterocycles. The fourth-order valence-corrected chi connectivity index (χ4v) is 3.85. The lowest BCUT2D eigenvalue weighted by Crippen LogP contribution is -2.14. The number of nitrogens with zero attached hydrogens (tertiary/aromatic N) is 1. The predicted molar refractivity (Wildman–Crippen MR) is 122 cm³/mol. The quantitative estimate of drug-likeness (QED) is 0.371. The Balaban J connectivity index is 1.54. The van der Waals surface area contributed by atoms with Crippen molar-refractivity contribution in [3.63, 3.8) is 0 Å². The summed E-state index contributed by atoms with van der Waals surface area (Å²) in [5, 5.41) is 3.54. The largest absolute Gasteiger partial charge is 0.497 e. The number of rotatable bonds is 7. The molecule has 4 rings (SSSR count). The second-order valence-corrected chi connectivity index (χ2v) is 7.67. The van der Waals surface area contributed by atoms with Crippen LogP contribution in [0.1, 0.15) is 0 Å². The van der Waals surface area contributed by atoms with Crippen LogP contribution in [0.15, 0.2) is 83.9 Å². The molecule has 0 fully saturated rings. The Bertz CT molecular complexity index is 1180. The van der Waals surface area contributed by atoms with E-state index in [1.807, 2.05) is 30.3 Å². The summed E-state index contributed by atoms with van der Waals surface area (Å²) in [6, 6.07) is 23.1. The zero-order valence-corrected chi connectivity index (χ0v) is 17.6. The highest BCUT2D eigenvalue weighted by Crippen LogP contribution is 2.32. The maximum Gasteiger partial charge on any atom is 0.234 e. The molecule has 0 aliphatic rings. The van der Waals surface area contributed by atoms with Gasteiger partial charge in [0.05, 0.1) is 18.6 Å². The molecule has 1 aromatic heterocycles. The third-order valence-electron chi connectivity index (χ3n) is 4.54. The van der Waals surface area contributed by atoms with Crippen LogP contribution in [-0.2, 0) is 4.79 Å². The highest BCUT2D eigenvalue weighted by Gasteiger charge is 2.16. The minimum absolute atomic E-state index is 0.149. The molecule has 0 aliphatic carbocycles. The van der Waals surface area contributed by atoms with E-state index in [2.05, 4.69) is 15.3 Å². The molecule has 0 unspecified atom stereocenters. The van der Waals surface area contributed by atoms with Gasteiger partial charge in [0.25, 0.3) is 0 Å². The summed E-state index contributed by atoms with van der Waals surface area (Å²) in [6.45, 7) is 0. The highest BCUT2D eigenvalue weighted by atomic mass is 32.2.